The zero-order valence-corrected chi connectivity index (χ0v) is 22.2. The predicted octanol–water partition coefficient (Wildman–Crippen LogP) is 3.63. The van der Waals surface area contributed by atoms with Crippen molar-refractivity contribution < 1.29 is 9.53 Å². The van der Waals surface area contributed by atoms with Crippen LogP contribution in [0, 0.1) is 0 Å². The molecule has 0 atom stereocenters. The van der Waals surface area contributed by atoms with Crippen molar-refractivity contribution in [1.29, 1.82) is 0 Å². The average Bonchev–Trinajstić information content (AvgIpc) is 3.22. The number of aliphatic imine (C=N–C) groups is 1. The van der Waals surface area contributed by atoms with E-state index in [2.05, 4.69) is 40.7 Å². The summed E-state index contributed by atoms with van der Waals surface area (Å²) in [7, 11) is 4.07. The lowest BCUT2D eigenvalue weighted by molar-refractivity contribution is -0.117. The fraction of sp³-hybridized carbons (Fsp3) is 0.440. The molecule has 0 bridgehead atoms. The van der Waals surface area contributed by atoms with Crippen LogP contribution in [0.2, 0.25) is 0 Å². The molecule has 3 rings (SSSR count). The summed E-state index contributed by atoms with van der Waals surface area (Å²) in [5.41, 5.74) is 3.22. The Balaban J connectivity index is 0.00000385. The van der Waals surface area contributed by atoms with Gasteiger partial charge < -0.3 is 25.2 Å². The van der Waals surface area contributed by atoms with Crippen molar-refractivity contribution in [3.8, 4) is 5.75 Å². The molecule has 1 heterocycles. The highest BCUT2D eigenvalue weighted by Crippen LogP contribution is 2.21. The normalized spacial score (nSPS) is 13.8. The standard InChI is InChI=1S/C25H35N5O2.HI/c1-4-26-25(28-19-21-7-5-8-23(17-21)32-16-15-29(2)3)27-18-20-10-12-22(13-11-20)30-14-6-9-24(30)31;/h5,7-8,10-13,17H,4,6,9,14-16,18-19H2,1-3H3,(H2,26,27,28);1H. The summed E-state index contributed by atoms with van der Waals surface area (Å²) in [6.45, 7) is 6.42. The maximum atomic E-state index is 11.9. The van der Waals surface area contributed by atoms with E-state index in [1.54, 1.807) is 0 Å². The number of guanidine groups is 1. The Kier molecular flexibility index (Phi) is 11.5. The monoisotopic (exact) mass is 565 g/mol. The van der Waals surface area contributed by atoms with Crippen LogP contribution in [0.15, 0.2) is 53.5 Å². The highest BCUT2D eigenvalue weighted by atomic mass is 127. The number of rotatable bonds is 10. The Labute approximate surface area is 214 Å². The molecule has 2 N–H and O–H groups in total. The summed E-state index contributed by atoms with van der Waals surface area (Å²) >= 11 is 0. The second kappa shape index (κ2) is 14.0. The lowest BCUT2D eigenvalue weighted by Gasteiger charge is -2.16. The highest BCUT2D eigenvalue weighted by Gasteiger charge is 2.21. The number of carbonyl (C=O) groups is 1. The number of carbonyl (C=O) groups excluding carboxylic acids is 1. The van der Waals surface area contributed by atoms with Gasteiger partial charge in [-0.3, -0.25) is 4.79 Å². The number of nitrogens with one attached hydrogen (secondary N) is 2. The molecule has 33 heavy (non-hydrogen) atoms. The largest absolute Gasteiger partial charge is 0.492 e. The number of benzene rings is 2. The number of nitrogens with zero attached hydrogens (tertiary/aromatic N) is 3. The summed E-state index contributed by atoms with van der Waals surface area (Å²) in [6.07, 6.45) is 1.59. The van der Waals surface area contributed by atoms with Crippen LogP contribution in [0.5, 0.6) is 5.75 Å². The summed E-state index contributed by atoms with van der Waals surface area (Å²) in [5.74, 6) is 1.85. The van der Waals surface area contributed by atoms with E-state index in [0.29, 0.717) is 26.1 Å². The zero-order chi connectivity index (χ0) is 22.8. The number of halogens is 1. The average molecular weight is 566 g/mol. The molecule has 2 aromatic rings. The van der Waals surface area contributed by atoms with Crippen LogP contribution in [0.1, 0.15) is 30.9 Å². The third kappa shape index (κ3) is 8.85. The van der Waals surface area contributed by atoms with E-state index in [0.717, 1.165) is 54.6 Å². The van der Waals surface area contributed by atoms with Gasteiger partial charge >= 0.3 is 0 Å². The number of hydrogen-bond acceptors (Lipinski definition) is 4. The minimum Gasteiger partial charge on any atom is -0.492 e. The first-order valence-corrected chi connectivity index (χ1v) is 11.3. The molecular weight excluding hydrogens is 529 g/mol. The summed E-state index contributed by atoms with van der Waals surface area (Å²) in [6, 6.07) is 16.2. The van der Waals surface area contributed by atoms with Crippen molar-refractivity contribution in [2.45, 2.75) is 32.9 Å². The van der Waals surface area contributed by atoms with E-state index in [4.69, 9.17) is 9.73 Å². The van der Waals surface area contributed by atoms with Crippen molar-refractivity contribution in [3.63, 3.8) is 0 Å². The van der Waals surface area contributed by atoms with Crippen molar-refractivity contribution in [2.75, 3.05) is 45.2 Å². The van der Waals surface area contributed by atoms with Crippen LogP contribution in [-0.2, 0) is 17.9 Å². The first-order valence-electron chi connectivity index (χ1n) is 11.3. The zero-order valence-electron chi connectivity index (χ0n) is 19.8. The van der Waals surface area contributed by atoms with Crippen molar-refractivity contribution in [1.82, 2.24) is 15.5 Å². The first-order chi connectivity index (χ1) is 15.5. The number of amides is 1. The van der Waals surface area contributed by atoms with Crippen molar-refractivity contribution in [2.24, 2.45) is 4.99 Å². The van der Waals surface area contributed by atoms with E-state index < -0.39 is 0 Å². The third-order valence-electron chi connectivity index (χ3n) is 5.25. The number of anilines is 1. The third-order valence-corrected chi connectivity index (χ3v) is 5.25. The van der Waals surface area contributed by atoms with E-state index in [9.17, 15) is 4.79 Å². The van der Waals surface area contributed by atoms with Crippen LogP contribution >= 0.6 is 24.0 Å². The molecule has 8 heteroatoms. The smallest absolute Gasteiger partial charge is 0.227 e. The van der Waals surface area contributed by atoms with E-state index in [1.807, 2.05) is 49.3 Å². The van der Waals surface area contributed by atoms with Gasteiger partial charge in [-0.15, -0.1) is 24.0 Å². The van der Waals surface area contributed by atoms with Gasteiger partial charge in [0.15, 0.2) is 5.96 Å². The number of hydrogen-bond donors (Lipinski definition) is 2. The minimum atomic E-state index is 0. The first kappa shape index (κ1) is 26.9. The molecule has 0 aromatic heterocycles. The summed E-state index contributed by atoms with van der Waals surface area (Å²) in [4.78, 5) is 20.6. The maximum Gasteiger partial charge on any atom is 0.227 e. The van der Waals surface area contributed by atoms with Crippen molar-refractivity contribution in [3.05, 3.63) is 59.7 Å². The van der Waals surface area contributed by atoms with Gasteiger partial charge in [-0.2, -0.15) is 0 Å². The molecule has 1 saturated heterocycles. The Morgan fingerprint density at radius 2 is 1.91 bits per heavy atom. The van der Waals surface area contributed by atoms with E-state index in [1.165, 1.54) is 0 Å². The summed E-state index contributed by atoms with van der Waals surface area (Å²) < 4.78 is 5.82. The second-order valence-electron chi connectivity index (χ2n) is 8.16. The lowest BCUT2D eigenvalue weighted by atomic mass is 10.2. The van der Waals surface area contributed by atoms with Gasteiger partial charge in [0.1, 0.15) is 12.4 Å². The number of likely N-dealkylation sites (N-methyl/N-ethyl adjacent to an activating group) is 1. The maximum absolute atomic E-state index is 11.9. The Bertz CT molecular complexity index is 902. The molecular formula is C25H36IN5O2. The van der Waals surface area contributed by atoms with Crippen LogP contribution < -0.4 is 20.3 Å². The SMILES string of the molecule is CCNC(=NCc1cccc(OCCN(C)C)c1)NCc1ccc(N2CCCC2=O)cc1.I. The van der Waals surface area contributed by atoms with Crippen LogP contribution in [0.4, 0.5) is 5.69 Å². The van der Waals surface area contributed by atoms with Gasteiger partial charge in [-0.1, -0.05) is 24.3 Å². The molecule has 1 aliphatic heterocycles. The molecule has 180 valence electrons. The molecule has 0 aliphatic carbocycles. The van der Waals surface area contributed by atoms with Gasteiger partial charge in [0.05, 0.1) is 6.54 Å². The number of ether oxygens (including phenoxy) is 1. The van der Waals surface area contributed by atoms with Gasteiger partial charge in [0.2, 0.25) is 5.91 Å². The van der Waals surface area contributed by atoms with Gasteiger partial charge in [-0.05, 0) is 62.8 Å². The molecule has 1 amide bonds. The molecule has 0 radical (unpaired) electrons. The lowest BCUT2D eigenvalue weighted by Crippen LogP contribution is -2.36. The molecule has 0 saturated carbocycles. The van der Waals surface area contributed by atoms with Gasteiger partial charge in [-0.25, -0.2) is 4.99 Å². The van der Waals surface area contributed by atoms with Gasteiger partial charge in [0.25, 0.3) is 0 Å². The fourth-order valence-electron chi connectivity index (χ4n) is 3.49. The highest BCUT2D eigenvalue weighted by molar-refractivity contribution is 14.0. The van der Waals surface area contributed by atoms with Crippen LogP contribution in [0.3, 0.4) is 0 Å². The topological polar surface area (TPSA) is 69.2 Å². The molecule has 0 spiro atoms. The minimum absolute atomic E-state index is 0. The van der Waals surface area contributed by atoms with Gasteiger partial charge in [0, 0.05) is 38.3 Å². The second-order valence-corrected chi connectivity index (χ2v) is 8.16. The molecule has 0 unspecified atom stereocenters. The molecule has 1 aliphatic rings. The van der Waals surface area contributed by atoms with Crippen LogP contribution in [0.25, 0.3) is 0 Å². The van der Waals surface area contributed by atoms with Crippen LogP contribution in [-0.4, -0.2) is 57.1 Å². The summed E-state index contributed by atoms with van der Waals surface area (Å²) in [5, 5.41) is 6.68. The van der Waals surface area contributed by atoms with E-state index in [-0.39, 0.29) is 29.9 Å². The molecule has 1 fully saturated rings. The predicted molar refractivity (Wildman–Crippen MR) is 146 cm³/mol. The quantitative estimate of drug-likeness (QED) is 0.262. The Hall–Kier alpha value is -2.33. The fourth-order valence-corrected chi connectivity index (χ4v) is 3.49. The van der Waals surface area contributed by atoms with Crippen molar-refractivity contribution >= 4 is 41.5 Å². The van der Waals surface area contributed by atoms with E-state index >= 15 is 0 Å². The Morgan fingerprint density at radius 3 is 2.58 bits per heavy atom. The molecule has 2 aromatic carbocycles. The molecule has 7 nitrogen and oxygen atoms in total. The Morgan fingerprint density at radius 1 is 1.12 bits per heavy atom.